The van der Waals surface area contributed by atoms with Crippen LogP contribution >= 0.6 is 23.7 Å². The summed E-state index contributed by atoms with van der Waals surface area (Å²) in [5, 5.41) is 4.71. The lowest BCUT2D eigenvalue weighted by molar-refractivity contribution is 0.575. The third-order valence-corrected chi connectivity index (χ3v) is 5.29. The standard InChI is InChI=1S/C19H20N2S.ClH/c1-14-7-8-16-15(12-14)13-17(18-6-5-11-22-18)20-19(16)21-9-3-2-4-10-21;/h5-8,11-13H,2-4,9-10H2,1H3;1H. The maximum atomic E-state index is 5.03. The van der Waals surface area contributed by atoms with E-state index in [1.54, 1.807) is 11.3 Å². The molecule has 2 aromatic heterocycles. The van der Waals surface area contributed by atoms with Gasteiger partial charge in [-0.25, -0.2) is 4.98 Å². The SMILES string of the molecule is Cc1ccc2c(N3CCCCC3)nc(-c3cccs3)cc2c1.Cl. The predicted molar refractivity (Wildman–Crippen MR) is 103 cm³/mol. The Balaban J connectivity index is 0.00000156. The second-order valence-electron chi connectivity index (χ2n) is 6.08. The number of benzene rings is 1. The van der Waals surface area contributed by atoms with Gasteiger partial charge < -0.3 is 4.90 Å². The van der Waals surface area contributed by atoms with Gasteiger partial charge in [-0.3, -0.25) is 0 Å². The van der Waals surface area contributed by atoms with Gasteiger partial charge in [0.15, 0.2) is 0 Å². The van der Waals surface area contributed by atoms with Crippen LogP contribution in [0.4, 0.5) is 5.82 Å². The van der Waals surface area contributed by atoms with Gasteiger partial charge in [-0.1, -0.05) is 29.8 Å². The lowest BCUT2D eigenvalue weighted by atomic mass is 10.1. The van der Waals surface area contributed by atoms with Gasteiger partial charge in [0.2, 0.25) is 0 Å². The number of hydrogen-bond donors (Lipinski definition) is 0. The molecule has 23 heavy (non-hydrogen) atoms. The van der Waals surface area contributed by atoms with Crippen LogP contribution in [0.2, 0.25) is 0 Å². The molecule has 0 aliphatic carbocycles. The fourth-order valence-corrected chi connectivity index (χ4v) is 3.94. The summed E-state index contributed by atoms with van der Waals surface area (Å²) >= 11 is 1.76. The zero-order valence-electron chi connectivity index (χ0n) is 13.3. The van der Waals surface area contributed by atoms with E-state index < -0.39 is 0 Å². The smallest absolute Gasteiger partial charge is 0.137 e. The van der Waals surface area contributed by atoms with Gasteiger partial charge in [-0.05, 0) is 49.1 Å². The highest BCUT2D eigenvalue weighted by Gasteiger charge is 2.17. The second kappa shape index (κ2) is 6.90. The molecule has 0 amide bonds. The average molecular weight is 345 g/mol. The third-order valence-electron chi connectivity index (χ3n) is 4.40. The van der Waals surface area contributed by atoms with Gasteiger partial charge >= 0.3 is 0 Å². The Morgan fingerprint density at radius 1 is 1.04 bits per heavy atom. The lowest BCUT2D eigenvalue weighted by Crippen LogP contribution is -2.30. The van der Waals surface area contributed by atoms with Crippen LogP contribution in [0.25, 0.3) is 21.3 Å². The summed E-state index contributed by atoms with van der Waals surface area (Å²) in [6.45, 7) is 4.42. The van der Waals surface area contributed by atoms with Crippen molar-refractivity contribution in [3.05, 3.63) is 47.3 Å². The summed E-state index contributed by atoms with van der Waals surface area (Å²) in [5.41, 5.74) is 2.41. The van der Waals surface area contributed by atoms with Gasteiger partial charge in [0.05, 0.1) is 10.6 Å². The number of anilines is 1. The van der Waals surface area contributed by atoms with Crippen molar-refractivity contribution in [3.8, 4) is 10.6 Å². The molecule has 1 fully saturated rings. The van der Waals surface area contributed by atoms with Crippen molar-refractivity contribution in [2.45, 2.75) is 26.2 Å². The first-order valence-electron chi connectivity index (χ1n) is 8.01. The Bertz CT molecular complexity index is 792. The number of rotatable bonds is 2. The number of nitrogens with zero attached hydrogens (tertiary/aromatic N) is 2. The Hall–Kier alpha value is -1.58. The number of pyridine rings is 1. The molecule has 0 N–H and O–H groups in total. The van der Waals surface area contributed by atoms with Gasteiger partial charge in [-0.2, -0.15) is 0 Å². The summed E-state index contributed by atoms with van der Waals surface area (Å²) in [7, 11) is 0. The molecule has 0 saturated carbocycles. The van der Waals surface area contributed by atoms with Crippen LogP contribution in [-0.2, 0) is 0 Å². The number of thiophene rings is 1. The molecule has 0 atom stereocenters. The lowest BCUT2D eigenvalue weighted by Gasteiger charge is -2.29. The minimum Gasteiger partial charge on any atom is -0.356 e. The molecule has 1 saturated heterocycles. The van der Waals surface area contributed by atoms with E-state index in [4.69, 9.17) is 4.98 Å². The van der Waals surface area contributed by atoms with Crippen LogP contribution in [-0.4, -0.2) is 18.1 Å². The highest BCUT2D eigenvalue weighted by atomic mass is 35.5. The highest BCUT2D eigenvalue weighted by Crippen LogP contribution is 2.33. The molecule has 0 spiro atoms. The zero-order valence-corrected chi connectivity index (χ0v) is 14.9. The summed E-state index contributed by atoms with van der Waals surface area (Å²) < 4.78 is 0. The number of piperidine rings is 1. The van der Waals surface area contributed by atoms with Gasteiger partial charge in [0.25, 0.3) is 0 Å². The van der Waals surface area contributed by atoms with Gasteiger partial charge in [0, 0.05) is 18.5 Å². The Kier molecular flexibility index (Phi) is 4.88. The number of fused-ring (bicyclic) bond motifs is 1. The second-order valence-corrected chi connectivity index (χ2v) is 7.03. The van der Waals surface area contributed by atoms with Gasteiger partial charge in [0.1, 0.15) is 5.82 Å². The van der Waals surface area contributed by atoms with Crippen LogP contribution in [0, 0.1) is 6.92 Å². The summed E-state index contributed by atoms with van der Waals surface area (Å²) in [5.74, 6) is 1.17. The Morgan fingerprint density at radius 2 is 1.87 bits per heavy atom. The summed E-state index contributed by atoms with van der Waals surface area (Å²) in [4.78, 5) is 8.76. The third kappa shape index (κ3) is 3.22. The van der Waals surface area contributed by atoms with Crippen LogP contribution in [0.1, 0.15) is 24.8 Å². The molecule has 0 unspecified atom stereocenters. The first kappa shape index (κ1) is 16.3. The summed E-state index contributed by atoms with van der Waals surface area (Å²) in [6, 6.07) is 13.2. The fraction of sp³-hybridized carbons (Fsp3) is 0.316. The molecular weight excluding hydrogens is 324 g/mol. The Labute approximate surface area is 147 Å². The van der Waals surface area contributed by atoms with Crippen LogP contribution in [0.5, 0.6) is 0 Å². The van der Waals surface area contributed by atoms with Crippen molar-refractivity contribution in [1.82, 2.24) is 4.98 Å². The maximum Gasteiger partial charge on any atom is 0.137 e. The molecule has 2 nitrogen and oxygen atoms in total. The highest BCUT2D eigenvalue weighted by molar-refractivity contribution is 7.13. The van der Waals surface area contributed by atoms with Crippen molar-refractivity contribution < 1.29 is 0 Å². The molecule has 1 aliphatic heterocycles. The van der Waals surface area contributed by atoms with E-state index in [-0.39, 0.29) is 12.4 Å². The minimum atomic E-state index is 0. The molecular formula is C19H21ClN2S. The number of aromatic nitrogens is 1. The number of aryl methyl sites for hydroxylation is 1. The first-order chi connectivity index (χ1) is 10.8. The molecule has 1 aromatic carbocycles. The van der Waals surface area contributed by atoms with Crippen molar-refractivity contribution >= 4 is 40.3 Å². The van der Waals surface area contributed by atoms with E-state index in [9.17, 15) is 0 Å². The molecule has 3 heterocycles. The minimum absolute atomic E-state index is 0. The topological polar surface area (TPSA) is 16.1 Å². The van der Waals surface area contributed by atoms with E-state index in [2.05, 4.69) is 53.6 Å². The molecule has 120 valence electrons. The molecule has 4 heteroatoms. The first-order valence-corrected chi connectivity index (χ1v) is 8.89. The van der Waals surface area contributed by atoms with Crippen molar-refractivity contribution in [1.29, 1.82) is 0 Å². The van der Waals surface area contributed by atoms with E-state index in [1.165, 1.54) is 46.3 Å². The molecule has 0 bridgehead atoms. The van der Waals surface area contributed by atoms with Crippen LogP contribution in [0.3, 0.4) is 0 Å². The molecule has 0 radical (unpaired) electrons. The van der Waals surface area contributed by atoms with Crippen molar-refractivity contribution in [3.63, 3.8) is 0 Å². The number of halogens is 1. The maximum absolute atomic E-state index is 5.03. The average Bonchev–Trinajstić information content (AvgIpc) is 3.09. The largest absolute Gasteiger partial charge is 0.356 e. The zero-order chi connectivity index (χ0) is 14.9. The van der Waals surface area contributed by atoms with Crippen LogP contribution < -0.4 is 4.90 Å². The molecule has 1 aliphatic rings. The van der Waals surface area contributed by atoms with Crippen molar-refractivity contribution in [2.24, 2.45) is 0 Å². The van der Waals surface area contributed by atoms with E-state index in [0.717, 1.165) is 18.8 Å². The quantitative estimate of drug-likeness (QED) is 0.594. The fourth-order valence-electron chi connectivity index (χ4n) is 3.26. The van der Waals surface area contributed by atoms with Crippen LogP contribution in [0.15, 0.2) is 41.8 Å². The van der Waals surface area contributed by atoms with Crippen molar-refractivity contribution in [2.75, 3.05) is 18.0 Å². The number of hydrogen-bond acceptors (Lipinski definition) is 3. The molecule has 3 aromatic rings. The normalized spacial score (nSPS) is 14.7. The van der Waals surface area contributed by atoms with E-state index in [0.29, 0.717) is 0 Å². The predicted octanol–water partition coefficient (Wildman–Crippen LogP) is 5.68. The van der Waals surface area contributed by atoms with E-state index in [1.807, 2.05) is 0 Å². The van der Waals surface area contributed by atoms with E-state index >= 15 is 0 Å². The molecule has 4 rings (SSSR count). The Morgan fingerprint density at radius 3 is 2.61 bits per heavy atom. The monoisotopic (exact) mass is 344 g/mol. The van der Waals surface area contributed by atoms with Gasteiger partial charge in [-0.15, -0.1) is 23.7 Å². The summed E-state index contributed by atoms with van der Waals surface area (Å²) in [6.07, 6.45) is 3.90.